The molecule has 56 valence electrons. The van der Waals surface area contributed by atoms with Gasteiger partial charge in [0.25, 0.3) is 0 Å². The zero-order valence-electron chi connectivity index (χ0n) is 8.78. The first-order chi connectivity index (χ1) is 6.56. The van der Waals surface area contributed by atoms with Gasteiger partial charge in [0, 0.05) is 17.3 Å². The van der Waals surface area contributed by atoms with E-state index in [1.807, 2.05) is 18.2 Å². The molecule has 0 aliphatic carbocycles. The second kappa shape index (κ2) is 2.27. The lowest BCUT2D eigenvalue weighted by atomic mass is 10.4. The lowest BCUT2D eigenvalue weighted by Crippen LogP contribution is -1.94. The Hall–Kier alpha value is -1.51. The highest BCUT2D eigenvalue weighted by Crippen LogP contribution is 2.08. The van der Waals surface area contributed by atoms with Crippen molar-refractivity contribution < 1.29 is 4.11 Å². The number of nitrogens with one attached hydrogen (secondary N) is 1. The number of imidazole rings is 1. The van der Waals surface area contributed by atoms with Gasteiger partial charge in [-0.15, -0.1) is 0 Å². The van der Waals surface area contributed by atoms with Crippen LogP contribution in [0.25, 0.3) is 5.52 Å². The Kier molecular flexibility index (Phi) is 0.775. The summed E-state index contributed by atoms with van der Waals surface area (Å²) in [7, 11) is 0. The Bertz CT molecular complexity index is 446. The summed E-state index contributed by atoms with van der Waals surface area (Å²) in [5.74, 6) is 0.334. The number of aromatic nitrogens is 2. The van der Waals surface area contributed by atoms with Gasteiger partial charge in [0.05, 0.1) is 11.7 Å². The van der Waals surface area contributed by atoms with Crippen LogP contribution in [0.1, 0.15) is 4.11 Å². The van der Waals surface area contributed by atoms with Gasteiger partial charge in [-0.05, 0) is 12.1 Å². The monoisotopic (exact) mass is 150 g/mol. The molecule has 2 rings (SSSR count). The Morgan fingerprint density at radius 3 is 3.55 bits per heavy atom. The van der Waals surface area contributed by atoms with Gasteiger partial charge in [-0.1, -0.05) is 6.07 Å². The van der Waals surface area contributed by atoms with Crippen LogP contribution in [0.15, 0.2) is 30.6 Å². The first-order valence-electron chi connectivity index (χ1n) is 4.76. The van der Waals surface area contributed by atoms with Crippen LogP contribution in [0.3, 0.4) is 0 Å². The van der Waals surface area contributed by atoms with Crippen LogP contribution in [0.5, 0.6) is 0 Å². The minimum absolute atomic E-state index is 0.334. The molecule has 0 amide bonds. The van der Waals surface area contributed by atoms with E-state index >= 15 is 0 Å². The largest absolute Gasteiger partial charge is 0.358 e. The highest BCUT2D eigenvalue weighted by molar-refractivity contribution is 5.51. The van der Waals surface area contributed by atoms with Crippen LogP contribution in [-0.2, 0) is 0 Å². The number of pyridine rings is 1. The molecule has 0 atom stereocenters. The van der Waals surface area contributed by atoms with Crippen LogP contribution in [0.2, 0.25) is 0 Å². The van der Waals surface area contributed by atoms with Crippen molar-refractivity contribution in [2.45, 2.75) is 0 Å². The highest BCUT2D eigenvalue weighted by atomic mass is 15.1. The van der Waals surface area contributed by atoms with E-state index in [9.17, 15) is 0 Å². The zero-order valence-corrected chi connectivity index (χ0v) is 5.78. The summed E-state index contributed by atoms with van der Waals surface area (Å²) in [5.41, 5.74) is 0.860. The number of nitrogens with zero attached hydrogens (tertiary/aromatic N) is 2. The topological polar surface area (TPSA) is 29.3 Å². The van der Waals surface area contributed by atoms with Gasteiger partial charge in [0.1, 0.15) is 0 Å². The SMILES string of the molecule is [2H]C([2H])([2H])Nc1ncc2ccccn12. The molecule has 0 spiro atoms. The molecule has 3 nitrogen and oxygen atoms in total. The van der Waals surface area contributed by atoms with E-state index in [1.165, 1.54) is 0 Å². The van der Waals surface area contributed by atoms with Crippen molar-refractivity contribution in [2.75, 3.05) is 12.3 Å². The van der Waals surface area contributed by atoms with Crippen molar-refractivity contribution in [3.05, 3.63) is 30.6 Å². The number of hydrogen-bond donors (Lipinski definition) is 1. The molecule has 0 saturated heterocycles. The van der Waals surface area contributed by atoms with Crippen molar-refractivity contribution >= 4 is 11.5 Å². The van der Waals surface area contributed by atoms with Crippen LogP contribution in [0, 0.1) is 0 Å². The Morgan fingerprint density at radius 2 is 2.64 bits per heavy atom. The van der Waals surface area contributed by atoms with Crippen molar-refractivity contribution in [2.24, 2.45) is 0 Å². The van der Waals surface area contributed by atoms with E-state index in [2.05, 4.69) is 10.3 Å². The summed E-state index contributed by atoms with van der Waals surface area (Å²) in [6.45, 7) is -2.21. The minimum atomic E-state index is -2.21. The lowest BCUT2D eigenvalue weighted by Gasteiger charge is -1.96. The molecule has 0 aromatic carbocycles. The molecule has 0 bridgehead atoms. The molecule has 2 aromatic heterocycles. The maximum atomic E-state index is 7.05. The van der Waals surface area contributed by atoms with Gasteiger partial charge < -0.3 is 5.32 Å². The average Bonchev–Trinajstić information content (AvgIpc) is 2.47. The highest BCUT2D eigenvalue weighted by Gasteiger charge is 1.96. The van der Waals surface area contributed by atoms with Crippen LogP contribution >= 0.6 is 0 Å². The Morgan fingerprint density at radius 1 is 1.64 bits per heavy atom. The quantitative estimate of drug-likeness (QED) is 0.665. The molecular formula is C8H9N3. The third-order valence-corrected chi connectivity index (χ3v) is 1.55. The lowest BCUT2D eigenvalue weighted by molar-refractivity contribution is 1.14. The summed E-state index contributed by atoms with van der Waals surface area (Å²) in [4.78, 5) is 3.97. The summed E-state index contributed by atoms with van der Waals surface area (Å²) in [5, 5.41) is 2.36. The predicted octanol–water partition coefficient (Wildman–Crippen LogP) is 1.38. The standard InChI is InChI=1S/C8H9N3/c1-9-8-10-6-7-4-2-3-5-11(7)8/h2-6H,1H3,(H,9,10)/i1D3. The van der Waals surface area contributed by atoms with Gasteiger partial charge >= 0.3 is 0 Å². The van der Waals surface area contributed by atoms with Gasteiger partial charge in [-0.3, -0.25) is 4.40 Å². The summed E-state index contributed by atoms with van der Waals surface area (Å²) in [6.07, 6.45) is 3.38. The molecule has 0 unspecified atom stereocenters. The fourth-order valence-corrected chi connectivity index (χ4v) is 1.04. The molecule has 0 aliphatic heterocycles. The average molecular weight is 150 g/mol. The second-order valence-electron chi connectivity index (χ2n) is 2.20. The second-order valence-corrected chi connectivity index (χ2v) is 2.20. The molecule has 1 N–H and O–H groups in total. The van der Waals surface area contributed by atoms with E-state index in [0.29, 0.717) is 5.95 Å². The van der Waals surface area contributed by atoms with Crippen molar-refractivity contribution in [3.8, 4) is 0 Å². The third-order valence-electron chi connectivity index (χ3n) is 1.55. The van der Waals surface area contributed by atoms with E-state index < -0.39 is 6.98 Å². The molecule has 11 heavy (non-hydrogen) atoms. The Balaban J connectivity index is 2.44. The maximum Gasteiger partial charge on any atom is 0.207 e. The molecule has 0 fully saturated rings. The molecule has 3 heteroatoms. The molecule has 2 aromatic rings. The van der Waals surface area contributed by atoms with Gasteiger partial charge in [-0.2, -0.15) is 0 Å². The van der Waals surface area contributed by atoms with Crippen LogP contribution < -0.4 is 5.32 Å². The number of hydrogen-bond acceptors (Lipinski definition) is 2. The van der Waals surface area contributed by atoms with Crippen molar-refractivity contribution in [3.63, 3.8) is 0 Å². The van der Waals surface area contributed by atoms with Gasteiger partial charge in [-0.25, -0.2) is 4.98 Å². The minimum Gasteiger partial charge on any atom is -0.358 e. The zero-order chi connectivity index (χ0) is 10.2. The van der Waals surface area contributed by atoms with Gasteiger partial charge in [0.15, 0.2) is 0 Å². The van der Waals surface area contributed by atoms with E-state index in [1.54, 1.807) is 16.8 Å². The fraction of sp³-hybridized carbons (Fsp3) is 0.125. The summed E-state index contributed by atoms with van der Waals surface area (Å²) >= 11 is 0. The van der Waals surface area contributed by atoms with Crippen molar-refractivity contribution in [1.29, 1.82) is 0 Å². The third kappa shape index (κ3) is 0.852. The smallest absolute Gasteiger partial charge is 0.207 e. The van der Waals surface area contributed by atoms with Crippen LogP contribution in [0.4, 0.5) is 5.95 Å². The first kappa shape index (κ1) is 3.76. The Labute approximate surface area is 68.9 Å². The molecule has 0 aliphatic rings. The fourth-order valence-electron chi connectivity index (χ4n) is 1.04. The predicted molar refractivity (Wildman–Crippen MR) is 44.7 cm³/mol. The summed E-state index contributed by atoms with van der Waals surface area (Å²) in [6, 6.07) is 5.55. The van der Waals surface area contributed by atoms with Gasteiger partial charge in [0.2, 0.25) is 5.95 Å². The van der Waals surface area contributed by atoms with Crippen molar-refractivity contribution in [1.82, 2.24) is 9.38 Å². The molecule has 0 radical (unpaired) electrons. The first-order valence-corrected chi connectivity index (χ1v) is 3.26. The number of anilines is 1. The normalized spacial score (nSPS) is 15.5. The van der Waals surface area contributed by atoms with E-state index in [0.717, 1.165) is 5.52 Å². The number of rotatable bonds is 1. The molecular weight excluding hydrogens is 138 g/mol. The maximum absolute atomic E-state index is 7.05. The summed E-state index contributed by atoms with van der Waals surface area (Å²) < 4.78 is 22.8. The van der Waals surface area contributed by atoms with Crippen LogP contribution in [-0.4, -0.2) is 16.4 Å². The number of fused-ring (bicyclic) bond motifs is 1. The molecule has 0 saturated carbocycles. The molecule has 2 heterocycles. The van der Waals surface area contributed by atoms with E-state index in [4.69, 9.17) is 4.11 Å². The van der Waals surface area contributed by atoms with E-state index in [-0.39, 0.29) is 0 Å².